The summed E-state index contributed by atoms with van der Waals surface area (Å²) in [5.74, 6) is 3.73. The Balaban J connectivity index is 1.17. The monoisotopic (exact) mass is 368 g/mol. The third-order valence-corrected chi connectivity index (χ3v) is 7.66. The van der Waals surface area contributed by atoms with Crippen LogP contribution in [-0.4, -0.2) is 55.3 Å². The molecule has 0 spiro atoms. The van der Waals surface area contributed by atoms with E-state index in [0.717, 1.165) is 49.8 Å². The first-order valence-electron chi connectivity index (χ1n) is 10.5. The molecule has 4 saturated carbocycles. The van der Waals surface area contributed by atoms with Gasteiger partial charge < -0.3 is 9.47 Å². The lowest BCUT2D eigenvalue weighted by molar-refractivity contribution is -0.0893. The normalized spacial score (nSPS) is 37.3. The zero-order chi connectivity index (χ0) is 18.0. The molecule has 7 nitrogen and oxygen atoms in total. The minimum absolute atomic E-state index is 0.0859. The fraction of sp³-hybridized carbons (Fsp3) is 0.750. The number of hydrogen-bond acceptors (Lipinski definition) is 4. The van der Waals surface area contributed by atoms with Crippen molar-refractivity contribution in [2.75, 3.05) is 19.6 Å². The van der Waals surface area contributed by atoms with Crippen molar-refractivity contribution < 1.29 is 4.79 Å². The lowest BCUT2D eigenvalue weighted by Gasteiger charge is -2.58. The maximum Gasteiger partial charge on any atom is 0.339 e. The topological polar surface area (TPSA) is 57.5 Å². The van der Waals surface area contributed by atoms with Crippen molar-refractivity contribution in [3.05, 3.63) is 24.4 Å². The molecule has 0 aromatic carbocycles. The highest BCUT2D eigenvalue weighted by molar-refractivity contribution is 5.75. The summed E-state index contributed by atoms with van der Waals surface area (Å²) in [6.07, 6.45) is 14.4. The number of hydrogen-bond donors (Lipinski definition) is 0. The predicted molar refractivity (Wildman–Crippen MR) is 99.0 cm³/mol. The van der Waals surface area contributed by atoms with Crippen LogP contribution in [-0.2, 0) is 13.1 Å². The van der Waals surface area contributed by atoms with Crippen LogP contribution in [0.5, 0.6) is 0 Å². The Bertz CT molecular complexity index is 750. The zero-order valence-electron chi connectivity index (χ0n) is 15.8. The van der Waals surface area contributed by atoms with Crippen LogP contribution in [0.3, 0.4) is 0 Å². The molecule has 27 heavy (non-hydrogen) atoms. The minimum atomic E-state index is 0.0859. The summed E-state index contributed by atoms with van der Waals surface area (Å²) in [5, 5.41) is 12.3. The highest BCUT2D eigenvalue weighted by Gasteiger charge is 2.52. The van der Waals surface area contributed by atoms with Gasteiger partial charge in [0.25, 0.3) is 0 Å². The van der Waals surface area contributed by atoms with E-state index in [0.29, 0.717) is 12.0 Å². The third-order valence-electron chi connectivity index (χ3n) is 7.66. The predicted octanol–water partition coefficient (Wildman–Crippen LogP) is 2.48. The fourth-order valence-electron chi connectivity index (χ4n) is 7.02. The van der Waals surface area contributed by atoms with Crippen LogP contribution in [0.25, 0.3) is 0 Å². The van der Waals surface area contributed by atoms with E-state index < -0.39 is 0 Å². The van der Waals surface area contributed by atoms with Crippen LogP contribution < -0.4 is 0 Å². The van der Waals surface area contributed by atoms with Crippen molar-refractivity contribution in [3.63, 3.8) is 0 Å². The molecule has 144 valence electrons. The Hall–Kier alpha value is -1.89. The molecule has 0 atom stereocenters. The second kappa shape index (κ2) is 5.80. The van der Waals surface area contributed by atoms with E-state index in [1.165, 1.54) is 38.5 Å². The van der Waals surface area contributed by atoms with Crippen LogP contribution >= 0.6 is 0 Å². The molecule has 1 aromatic rings. The van der Waals surface area contributed by atoms with Crippen molar-refractivity contribution in [2.24, 2.45) is 23.2 Å². The molecule has 4 bridgehead atoms. The van der Waals surface area contributed by atoms with Gasteiger partial charge in [0.2, 0.25) is 0 Å². The highest BCUT2D eigenvalue weighted by Crippen LogP contribution is 2.60. The number of amides is 2. The lowest BCUT2D eigenvalue weighted by atomic mass is 9.49. The average molecular weight is 368 g/mol. The first-order valence-corrected chi connectivity index (χ1v) is 10.5. The van der Waals surface area contributed by atoms with Crippen LogP contribution in [0, 0.1) is 23.2 Å². The summed E-state index contributed by atoms with van der Waals surface area (Å²) < 4.78 is 2.04. The molecule has 3 heterocycles. The first-order chi connectivity index (χ1) is 13.2. The first kappa shape index (κ1) is 16.1. The fourth-order valence-corrected chi connectivity index (χ4v) is 7.02. The lowest BCUT2D eigenvalue weighted by Crippen LogP contribution is -2.55. The van der Waals surface area contributed by atoms with Gasteiger partial charge in [0.05, 0.1) is 6.54 Å². The number of rotatable bonds is 2. The van der Waals surface area contributed by atoms with Gasteiger partial charge >= 0.3 is 6.03 Å². The van der Waals surface area contributed by atoms with Gasteiger partial charge in [0, 0.05) is 32.4 Å². The van der Waals surface area contributed by atoms with Crippen molar-refractivity contribution >= 4 is 6.03 Å². The molecule has 2 amide bonds. The molecule has 0 radical (unpaired) electrons. The molecule has 0 N–H and O–H groups in total. The number of urea groups is 1. The third kappa shape index (κ3) is 2.62. The summed E-state index contributed by atoms with van der Waals surface area (Å²) >= 11 is 0. The van der Waals surface area contributed by atoms with Gasteiger partial charge in [0.15, 0.2) is 5.82 Å². The van der Waals surface area contributed by atoms with E-state index in [4.69, 9.17) is 0 Å². The Morgan fingerprint density at radius 3 is 2.59 bits per heavy atom. The van der Waals surface area contributed by atoms with Gasteiger partial charge in [0.1, 0.15) is 6.33 Å². The quantitative estimate of drug-likeness (QED) is 0.805. The van der Waals surface area contributed by atoms with Gasteiger partial charge in [-0.2, -0.15) is 0 Å². The zero-order valence-corrected chi connectivity index (χ0v) is 15.8. The number of aromatic nitrogens is 3. The number of nitrogens with zero attached hydrogens (tertiary/aromatic N) is 6. The molecule has 4 fully saturated rings. The molecule has 2 aliphatic heterocycles. The van der Waals surface area contributed by atoms with E-state index in [9.17, 15) is 4.79 Å². The van der Waals surface area contributed by atoms with E-state index in [1.807, 2.05) is 20.7 Å². The van der Waals surface area contributed by atoms with Gasteiger partial charge in [-0.15, -0.1) is 10.2 Å². The van der Waals surface area contributed by atoms with E-state index in [-0.39, 0.29) is 6.03 Å². The summed E-state index contributed by atoms with van der Waals surface area (Å²) in [4.78, 5) is 15.1. The molecule has 6 aliphatic rings. The van der Waals surface area contributed by atoms with Crippen LogP contribution in [0.4, 0.5) is 4.79 Å². The number of carbonyl (C=O) groups excluding carboxylic acids is 1. The molecule has 7 heteroatoms. The van der Waals surface area contributed by atoms with Gasteiger partial charge in [-0.05, 0) is 61.7 Å². The maximum absolute atomic E-state index is 13.2. The van der Waals surface area contributed by atoms with Crippen molar-refractivity contribution in [1.82, 2.24) is 29.7 Å². The average Bonchev–Trinajstić information content (AvgIpc) is 3.28. The van der Waals surface area contributed by atoms with Crippen LogP contribution in [0.1, 0.15) is 44.3 Å². The number of fused-ring (bicyclic) bond motifs is 1. The SMILES string of the molecule is O=C(N1CCn2cnnc2C1)N1C=CCN1CC12CC3CC(CC(C3)C1)C2. The largest absolute Gasteiger partial charge is 0.339 e. The van der Waals surface area contributed by atoms with E-state index in [1.54, 1.807) is 6.33 Å². The molecule has 1 aromatic heterocycles. The minimum Gasteiger partial charge on any atom is -0.314 e. The summed E-state index contributed by atoms with van der Waals surface area (Å²) in [6.45, 7) is 3.95. The second-order valence-corrected chi connectivity index (χ2v) is 9.64. The molecular formula is C20H28N6O. The summed E-state index contributed by atoms with van der Waals surface area (Å²) in [5.41, 5.74) is 0.446. The Labute approximate surface area is 160 Å². The van der Waals surface area contributed by atoms with Crippen LogP contribution in [0.15, 0.2) is 18.6 Å². The van der Waals surface area contributed by atoms with E-state index in [2.05, 4.69) is 21.3 Å². The molecule has 7 rings (SSSR count). The van der Waals surface area contributed by atoms with E-state index >= 15 is 0 Å². The Morgan fingerprint density at radius 2 is 1.85 bits per heavy atom. The summed E-state index contributed by atoms with van der Waals surface area (Å²) in [6, 6.07) is 0.0859. The smallest absolute Gasteiger partial charge is 0.314 e. The highest BCUT2D eigenvalue weighted by atomic mass is 16.2. The molecule has 0 unspecified atom stereocenters. The van der Waals surface area contributed by atoms with Crippen molar-refractivity contribution in [1.29, 1.82) is 0 Å². The number of carbonyl (C=O) groups is 1. The van der Waals surface area contributed by atoms with Gasteiger partial charge in [-0.3, -0.25) is 0 Å². The van der Waals surface area contributed by atoms with Gasteiger partial charge in [-0.25, -0.2) is 14.8 Å². The number of hydrazine groups is 1. The Morgan fingerprint density at radius 1 is 1.11 bits per heavy atom. The second-order valence-electron chi connectivity index (χ2n) is 9.64. The standard InChI is InChI=1S/C20H28N6O/c27-19(23-4-5-24-14-21-22-18(24)12-23)26-3-1-2-25(26)13-20-9-15-6-16(10-20)8-17(7-15)11-20/h1,3,14-17H,2,4-13H2. The Kier molecular flexibility index (Phi) is 3.46. The van der Waals surface area contributed by atoms with Gasteiger partial charge in [-0.1, -0.05) is 6.08 Å². The molecular weight excluding hydrogens is 340 g/mol. The maximum atomic E-state index is 13.2. The molecule has 0 saturated heterocycles. The summed E-state index contributed by atoms with van der Waals surface area (Å²) in [7, 11) is 0. The van der Waals surface area contributed by atoms with Crippen molar-refractivity contribution in [3.8, 4) is 0 Å². The molecule has 4 aliphatic carbocycles. The van der Waals surface area contributed by atoms with Crippen molar-refractivity contribution in [2.45, 2.75) is 51.6 Å². The van der Waals surface area contributed by atoms with Crippen LogP contribution in [0.2, 0.25) is 0 Å².